The number of amides is 2. The predicted octanol–water partition coefficient (Wildman–Crippen LogP) is 1.27. The predicted molar refractivity (Wildman–Crippen MR) is 144 cm³/mol. The first-order valence-corrected chi connectivity index (χ1v) is 12.7. The van der Waals surface area contributed by atoms with Gasteiger partial charge in [-0.1, -0.05) is 37.3 Å². The molecule has 202 valence electrons. The van der Waals surface area contributed by atoms with Crippen LogP contribution in [-0.2, 0) is 29.7 Å². The molecule has 0 aliphatic carbocycles. The van der Waals surface area contributed by atoms with E-state index >= 15 is 0 Å². The van der Waals surface area contributed by atoms with Crippen molar-refractivity contribution in [2.45, 2.75) is 26.9 Å². The zero-order valence-corrected chi connectivity index (χ0v) is 22.4. The molecule has 1 aliphatic rings. The minimum absolute atomic E-state index is 0.00569. The molecule has 38 heavy (non-hydrogen) atoms. The quantitative estimate of drug-likeness (QED) is 0.363. The van der Waals surface area contributed by atoms with E-state index in [4.69, 9.17) is 4.42 Å². The first-order valence-electron chi connectivity index (χ1n) is 12.7. The molecule has 2 aromatic carbocycles. The molecule has 2 N–H and O–H groups in total. The lowest BCUT2D eigenvalue weighted by Crippen LogP contribution is -2.47. The second kappa shape index (κ2) is 12.2. The van der Waals surface area contributed by atoms with E-state index in [1.165, 1.54) is 18.2 Å². The number of anilines is 1. The molecule has 3 aromatic rings. The van der Waals surface area contributed by atoms with Crippen LogP contribution in [0.3, 0.4) is 0 Å². The maximum Gasteiger partial charge on any atom is 0.437 e. The van der Waals surface area contributed by atoms with Gasteiger partial charge in [0.2, 0.25) is 11.8 Å². The summed E-state index contributed by atoms with van der Waals surface area (Å²) in [6, 6.07) is 13.6. The third kappa shape index (κ3) is 6.18. The molecule has 0 radical (unpaired) electrons. The van der Waals surface area contributed by atoms with Crippen molar-refractivity contribution in [3.8, 4) is 11.5 Å². The second-order valence-electron chi connectivity index (χ2n) is 9.31. The third-order valence-electron chi connectivity index (χ3n) is 6.66. The van der Waals surface area contributed by atoms with E-state index < -0.39 is 5.76 Å². The first-order chi connectivity index (χ1) is 18.3. The van der Waals surface area contributed by atoms with Crippen LogP contribution in [0.2, 0.25) is 0 Å². The molecule has 0 spiro atoms. The summed E-state index contributed by atoms with van der Waals surface area (Å²) in [4.78, 5) is 39.6. The van der Waals surface area contributed by atoms with Gasteiger partial charge in [0.05, 0.1) is 13.1 Å². The Labute approximate surface area is 222 Å². The standard InChI is InChI=1S/C27H35N7O4/c1-5-28-12-13-34(23-14-20(11-10-19(23)2)26-30-31(3)27(37)38-26)25(36)16-29-15-24(35)32(4)33-17-21-8-6-7-9-22(21)18-33/h6-11,14,28-29H,5,12-13,15-18H2,1-4H3. The van der Waals surface area contributed by atoms with Crippen LogP contribution in [0.5, 0.6) is 0 Å². The van der Waals surface area contributed by atoms with Crippen LogP contribution < -0.4 is 21.3 Å². The molecule has 0 fully saturated rings. The highest BCUT2D eigenvalue weighted by Gasteiger charge is 2.25. The summed E-state index contributed by atoms with van der Waals surface area (Å²) < 4.78 is 6.36. The lowest BCUT2D eigenvalue weighted by atomic mass is 10.1. The van der Waals surface area contributed by atoms with Crippen molar-refractivity contribution in [1.82, 2.24) is 30.4 Å². The van der Waals surface area contributed by atoms with E-state index in [0.29, 0.717) is 37.4 Å². The largest absolute Gasteiger partial charge is 0.437 e. The van der Waals surface area contributed by atoms with Crippen LogP contribution in [-0.4, -0.2) is 71.4 Å². The van der Waals surface area contributed by atoms with Gasteiger partial charge in [-0.3, -0.25) is 19.9 Å². The molecule has 0 saturated carbocycles. The Morgan fingerprint density at radius 1 is 1.05 bits per heavy atom. The summed E-state index contributed by atoms with van der Waals surface area (Å²) in [6.45, 7) is 7.13. The van der Waals surface area contributed by atoms with Crippen molar-refractivity contribution >= 4 is 17.5 Å². The summed E-state index contributed by atoms with van der Waals surface area (Å²) in [5.41, 5.74) is 4.62. The van der Waals surface area contributed by atoms with Crippen LogP contribution in [0.15, 0.2) is 51.7 Å². The number of hydrogen-bond donors (Lipinski definition) is 2. The van der Waals surface area contributed by atoms with Crippen molar-refractivity contribution in [1.29, 1.82) is 0 Å². The number of carbonyl (C=O) groups is 2. The van der Waals surface area contributed by atoms with Gasteiger partial charge in [0.25, 0.3) is 5.91 Å². The van der Waals surface area contributed by atoms with Crippen LogP contribution in [0, 0.1) is 6.92 Å². The summed E-state index contributed by atoms with van der Waals surface area (Å²) in [5, 5.41) is 14.0. The normalized spacial score (nSPS) is 12.9. The number of hydrazine groups is 1. The number of carbonyl (C=O) groups excluding carboxylic acids is 2. The number of aromatic nitrogens is 2. The molecule has 1 aliphatic heterocycles. The Bertz CT molecular complexity index is 1320. The molecule has 11 nitrogen and oxygen atoms in total. The Balaban J connectivity index is 1.41. The van der Waals surface area contributed by atoms with Gasteiger partial charge < -0.3 is 14.6 Å². The summed E-state index contributed by atoms with van der Waals surface area (Å²) in [5.74, 6) is -0.657. The number of fused-ring (bicyclic) bond motifs is 1. The highest BCUT2D eigenvalue weighted by molar-refractivity contribution is 5.96. The molecule has 2 heterocycles. The summed E-state index contributed by atoms with van der Waals surface area (Å²) >= 11 is 0. The van der Waals surface area contributed by atoms with Crippen LogP contribution in [0.4, 0.5) is 5.69 Å². The van der Waals surface area contributed by atoms with Gasteiger partial charge in [0, 0.05) is 51.5 Å². The molecule has 2 amide bonds. The highest BCUT2D eigenvalue weighted by atomic mass is 16.4. The van der Waals surface area contributed by atoms with E-state index in [1.807, 2.05) is 37.1 Å². The van der Waals surface area contributed by atoms with Crippen molar-refractivity contribution < 1.29 is 14.0 Å². The number of rotatable bonds is 11. The number of nitrogens with one attached hydrogen (secondary N) is 2. The minimum Gasteiger partial charge on any atom is -0.388 e. The van der Waals surface area contributed by atoms with Crippen molar-refractivity contribution in [3.63, 3.8) is 0 Å². The first kappa shape index (κ1) is 27.2. The molecule has 4 rings (SSSR count). The number of likely N-dealkylation sites (N-methyl/N-ethyl adjacent to an activating group) is 2. The van der Waals surface area contributed by atoms with Crippen LogP contribution in [0.25, 0.3) is 11.5 Å². The molecular weight excluding hydrogens is 486 g/mol. The number of nitrogens with zero attached hydrogens (tertiary/aromatic N) is 5. The Hall–Kier alpha value is -3.80. The Kier molecular flexibility index (Phi) is 8.72. The monoisotopic (exact) mass is 521 g/mol. The molecule has 0 saturated heterocycles. The van der Waals surface area contributed by atoms with Gasteiger partial charge in [-0.25, -0.2) is 9.80 Å². The van der Waals surface area contributed by atoms with Gasteiger partial charge in [-0.15, -0.1) is 5.10 Å². The second-order valence-corrected chi connectivity index (χ2v) is 9.31. The topological polar surface area (TPSA) is 116 Å². The lowest BCUT2D eigenvalue weighted by Gasteiger charge is -2.28. The van der Waals surface area contributed by atoms with Crippen LogP contribution in [0.1, 0.15) is 23.6 Å². The Morgan fingerprint density at radius 2 is 1.74 bits per heavy atom. The molecule has 11 heteroatoms. The fraction of sp³-hybridized carbons (Fsp3) is 0.407. The molecule has 0 bridgehead atoms. The Morgan fingerprint density at radius 3 is 2.37 bits per heavy atom. The van der Waals surface area contributed by atoms with E-state index in [0.717, 1.165) is 16.8 Å². The average molecular weight is 522 g/mol. The van der Waals surface area contributed by atoms with E-state index in [9.17, 15) is 14.4 Å². The van der Waals surface area contributed by atoms with Crippen molar-refractivity contribution in [2.24, 2.45) is 7.05 Å². The van der Waals surface area contributed by atoms with Gasteiger partial charge >= 0.3 is 5.76 Å². The van der Waals surface area contributed by atoms with Crippen molar-refractivity contribution in [3.05, 3.63) is 69.7 Å². The maximum atomic E-state index is 13.4. The highest BCUT2D eigenvalue weighted by Crippen LogP contribution is 2.27. The van der Waals surface area contributed by atoms with Crippen LogP contribution >= 0.6 is 0 Å². The molecule has 0 atom stereocenters. The average Bonchev–Trinajstić information content (AvgIpc) is 3.49. The van der Waals surface area contributed by atoms with Gasteiger partial charge in [0.15, 0.2) is 0 Å². The zero-order chi connectivity index (χ0) is 27.2. The van der Waals surface area contributed by atoms with E-state index in [-0.39, 0.29) is 30.8 Å². The summed E-state index contributed by atoms with van der Waals surface area (Å²) in [7, 11) is 3.27. The number of benzene rings is 2. The fourth-order valence-corrected chi connectivity index (χ4v) is 4.41. The SMILES string of the molecule is CCNCCN(C(=O)CNCC(=O)N(C)N1Cc2ccccc2C1)c1cc(-c2nn(C)c(=O)o2)ccc1C. The third-order valence-corrected chi connectivity index (χ3v) is 6.66. The maximum absolute atomic E-state index is 13.4. The molecular formula is C27H35N7O4. The fourth-order valence-electron chi connectivity index (χ4n) is 4.41. The zero-order valence-electron chi connectivity index (χ0n) is 22.4. The molecule has 1 aromatic heterocycles. The van der Waals surface area contributed by atoms with Gasteiger partial charge in [-0.2, -0.15) is 4.68 Å². The number of aryl methyl sites for hydroxylation is 2. The lowest BCUT2D eigenvalue weighted by molar-refractivity contribution is -0.145. The van der Waals surface area contributed by atoms with Crippen molar-refractivity contribution in [2.75, 3.05) is 44.7 Å². The van der Waals surface area contributed by atoms with E-state index in [1.54, 1.807) is 29.1 Å². The molecule has 0 unspecified atom stereocenters. The minimum atomic E-state index is -0.557. The van der Waals surface area contributed by atoms with Gasteiger partial charge in [0.1, 0.15) is 0 Å². The smallest absolute Gasteiger partial charge is 0.388 e. The van der Waals surface area contributed by atoms with E-state index in [2.05, 4.69) is 27.9 Å². The number of hydrogen-bond acceptors (Lipinski definition) is 8. The van der Waals surface area contributed by atoms with Gasteiger partial charge in [-0.05, 0) is 42.3 Å². The summed E-state index contributed by atoms with van der Waals surface area (Å²) in [6.07, 6.45) is 0.